The van der Waals surface area contributed by atoms with Crippen molar-refractivity contribution in [2.45, 2.75) is 56.3 Å². The molecule has 0 amide bonds. The molecule has 0 radical (unpaired) electrons. The highest BCUT2D eigenvalue weighted by Crippen LogP contribution is 2.39. The Balaban J connectivity index is 1.81. The van der Waals surface area contributed by atoms with Crippen molar-refractivity contribution in [3.05, 3.63) is 16.1 Å². The molecule has 0 spiro atoms. The fourth-order valence-corrected chi connectivity index (χ4v) is 4.30. The van der Waals surface area contributed by atoms with Crippen LogP contribution in [0.4, 0.5) is 0 Å². The molecule has 0 aromatic carbocycles. The zero-order valence-corrected chi connectivity index (χ0v) is 12.0. The van der Waals surface area contributed by atoms with Crippen LogP contribution in [0.3, 0.4) is 0 Å². The second-order valence-corrected chi connectivity index (χ2v) is 6.58. The molecule has 2 aliphatic rings. The van der Waals surface area contributed by atoms with E-state index in [2.05, 4.69) is 11.4 Å². The Bertz CT molecular complexity index is 465. The Morgan fingerprint density at radius 2 is 2.00 bits per heavy atom. The van der Waals surface area contributed by atoms with E-state index in [0.29, 0.717) is 19.1 Å². The summed E-state index contributed by atoms with van der Waals surface area (Å²) in [5, 5.41) is 12.8. The minimum Gasteiger partial charge on any atom is -0.381 e. The minimum absolute atomic E-state index is 0.379. The van der Waals surface area contributed by atoms with Crippen LogP contribution >= 0.6 is 11.3 Å². The van der Waals surface area contributed by atoms with Crippen molar-refractivity contribution in [1.82, 2.24) is 4.98 Å². The number of nitriles is 1. The molecule has 0 unspecified atom stereocenters. The van der Waals surface area contributed by atoms with Gasteiger partial charge in [0.1, 0.15) is 10.4 Å². The molecule has 102 valence electrons. The molecule has 0 atom stereocenters. The average Bonchev–Trinajstić information content (AvgIpc) is 2.99. The number of aromatic nitrogens is 1. The van der Waals surface area contributed by atoms with Crippen molar-refractivity contribution < 1.29 is 4.74 Å². The molecule has 3 nitrogen and oxygen atoms in total. The van der Waals surface area contributed by atoms with Crippen molar-refractivity contribution in [2.75, 3.05) is 13.2 Å². The maximum Gasteiger partial charge on any atom is 0.113 e. The Morgan fingerprint density at radius 1 is 1.26 bits per heavy atom. The van der Waals surface area contributed by atoms with Gasteiger partial charge in [0.15, 0.2) is 0 Å². The van der Waals surface area contributed by atoms with Gasteiger partial charge in [-0.2, -0.15) is 5.26 Å². The fourth-order valence-electron chi connectivity index (χ4n) is 3.19. The lowest BCUT2D eigenvalue weighted by Crippen LogP contribution is -2.32. The summed E-state index contributed by atoms with van der Waals surface area (Å²) < 4.78 is 5.40. The third-order valence-corrected chi connectivity index (χ3v) is 5.58. The SMILES string of the molecule is N#CC1(c2nc(C3CCCCC3)cs2)CCOCC1. The zero-order valence-electron chi connectivity index (χ0n) is 11.2. The molecular weight excluding hydrogens is 256 g/mol. The molecule has 19 heavy (non-hydrogen) atoms. The van der Waals surface area contributed by atoms with E-state index < -0.39 is 0 Å². The molecule has 0 N–H and O–H groups in total. The van der Waals surface area contributed by atoms with Crippen LogP contribution in [0.1, 0.15) is 61.6 Å². The maximum atomic E-state index is 9.58. The van der Waals surface area contributed by atoms with Gasteiger partial charge in [-0.1, -0.05) is 19.3 Å². The van der Waals surface area contributed by atoms with Crippen LogP contribution < -0.4 is 0 Å². The van der Waals surface area contributed by atoms with Crippen molar-refractivity contribution in [2.24, 2.45) is 0 Å². The predicted octanol–water partition coefficient (Wildman–Crippen LogP) is 3.76. The number of nitrogens with zero attached hydrogens (tertiary/aromatic N) is 2. The Kier molecular flexibility index (Phi) is 3.86. The summed E-state index contributed by atoms with van der Waals surface area (Å²) in [6.45, 7) is 1.37. The normalized spacial score (nSPS) is 23.9. The van der Waals surface area contributed by atoms with Gasteiger partial charge in [-0.25, -0.2) is 4.98 Å². The molecule has 1 aliphatic carbocycles. The highest BCUT2D eigenvalue weighted by atomic mass is 32.1. The topological polar surface area (TPSA) is 45.9 Å². The van der Waals surface area contributed by atoms with E-state index in [9.17, 15) is 5.26 Å². The molecule has 2 fully saturated rings. The first kappa shape index (κ1) is 13.1. The molecule has 4 heteroatoms. The smallest absolute Gasteiger partial charge is 0.113 e. The summed E-state index contributed by atoms with van der Waals surface area (Å²) >= 11 is 1.68. The lowest BCUT2D eigenvalue weighted by molar-refractivity contribution is 0.0674. The third-order valence-electron chi connectivity index (χ3n) is 4.52. The summed E-state index contributed by atoms with van der Waals surface area (Å²) in [5.74, 6) is 0.634. The van der Waals surface area contributed by atoms with E-state index in [0.717, 1.165) is 17.8 Å². The molecular formula is C15H20N2OS. The Hall–Kier alpha value is -0.920. The van der Waals surface area contributed by atoms with Crippen molar-refractivity contribution >= 4 is 11.3 Å². The van der Waals surface area contributed by atoms with E-state index in [1.54, 1.807) is 11.3 Å². The van der Waals surface area contributed by atoms with E-state index in [4.69, 9.17) is 9.72 Å². The number of ether oxygens (including phenoxy) is 1. The lowest BCUT2D eigenvalue weighted by atomic mass is 9.82. The number of thiazole rings is 1. The second-order valence-electron chi connectivity index (χ2n) is 5.72. The van der Waals surface area contributed by atoms with Gasteiger partial charge >= 0.3 is 0 Å². The molecule has 0 bridgehead atoms. The fraction of sp³-hybridized carbons (Fsp3) is 0.733. The van der Waals surface area contributed by atoms with Crippen LogP contribution in [0.25, 0.3) is 0 Å². The number of hydrogen-bond donors (Lipinski definition) is 0. The first-order valence-electron chi connectivity index (χ1n) is 7.29. The van der Waals surface area contributed by atoms with E-state index in [1.165, 1.54) is 37.8 Å². The molecule has 3 rings (SSSR count). The summed E-state index contributed by atoms with van der Waals surface area (Å²) in [5.41, 5.74) is 0.858. The first-order valence-corrected chi connectivity index (χ1v) is 8.17. The quantitative estimate of drug-likeness (QED) is 0.826. The molecule has 1 saturated heterocycles. The van der Waals surface area contributed by atoms with Gasteiger partial charge in [-0.3, -0.25) is 0 Å². The van der Waals surface area contributed by atoms with Crippen molar-refractivity contribution in [3.8, 4) is 6.07 Å². The van der Waals surface area contributed by atoms with Gasteiger partial charge in [0.25, 0.3) is 0 Å². The highest BCUT2D eigenvalue weighted by Gasteiger charge is 2.38. The summed E-state index contributed by atoms with van der Waals surface area (Å²) in [6, 6.07) is 2.52. The summed E-state index contributed by atoms with van der Waals surface area (Å²) in [7, 11) is 0. The first-order chi connectivity index (χ1) is 9.34. The van der Waals surface area contributed by atoms with Crippen LogP contribution in [-0.2, 0) is 10.2 Å². The van der Waals surface area contributed by atoms with Crippen LogP contribution in [0.5, 0.6) is 0 Å². The van der Waals surface area contributed by atoms with Crippen molar-refractivity contribution in [3.63, 3.8) is 0 Å². The van der Waals surface area contributed by atoms with Crippen LogP contribution in [0, 0.1) is 11.3 Å². The highest BCUT2D eigenvalue weighted by molar-refractivity contribution is 7.09. The molecule has 1 aromatic heterocycles. The van der Waals surface area contributed by atoms with Crippen LogP contribution in [0.15, 0.2) is 5.38 Å². The Labute approximate surface area is 118 Å². The van der Waals surface area contributed by atoms with Gasteiger partial charge < -0.3 is 4.74 Å². The standard InChI is InChI=1S/C15H20N2OS/c16-11-15(6-8-18-9-7-15)14-17-13(10-19-14)12-4-2-1-3-5-12/h10,12H,1-9H2. The molecule has 2 heterocycles. The van der Waals surface area contributed by atoms with Gasteiger partial charge in [0.2, 0.25) is 0 Å². The zero-order chi connectivity index (χ0) is 13.1. The third kappa shape index (κ3) is 2.54. The van der Waals surface area contributed by atoms with Gasteiger partial charge in [0.05, 0.1) is 11.8 Å². The average molecular weight is 276 g/mol. The van der Waals surface area contributed by atoms with Gasteiger partial charge in [-0.15, -0.1) is 11.3 Å². The van der Waals surface area contributed by atoms with Gasteiger partial charge in [0, 0.05) is 24.5 Å². The van der Waals surface area contributed by atoms with Gasteiger partial charge in [-0.05, 0) is 25.7 Å². The van der Waals surface area contributed by atoms with E-state index in [-0.39, 0.29) is 5.41 Å². The lowest BCUT2D eigenvalue weighted by Gasteiger charge is -2.28. The van der Waals surface area contributed by atoms with Crippen LogP contribution in [-0.4, -0.2) is 18.2 Å². The monoisotopic (exact) mass is 276 g/mol. The molecule has 1 aliphatic heterocycles. The second kappa shape index (κ2) is 5.60. The van der Waals surface area contributed by atoms with Crippen molar-refractivity contribution in [1.29, 1.82) is 5.26 Å². The van der Waals surface area contributed by atoms with E-state index in [1.807, 2.05) is 0 Å². The number of hydrogen-bond acceptors (Lipinski definition) is 4. The minimum atomic E-state index is -0.379. The number of rotatable bonds is 2. The predicted molar refractivity (Wildman–Crippen MR) is 75.3 cm³/mol. The molecule has 1 aromatic rings. The molecule has 1 saturated carbocycles. The maximum absolute atomic E-state index is 9.58. The Morgan fingerprint density at radius 3 is 2.68 bits per heavy atom. The van der Waals surface area contributed by atoms with Crippen LogP contribution in [0.2, 0.25) is 0 Å². The summed E-state index contributed by atoms with van der Waals surface area (Å²) in [6.07, 6.45) is 8.15. The largest absolute Gasteiger partial charge is 0.381 e. The van der Waals surface area contributed by atoms with E-state index >= 15 is 0 Å². The summed E-state index contributed by atoms with van der Waals surface area (Å²) in [4.78, 5) is 4.84.